The molecule has 2 amide bonds. The quantitative estimate of drug-likeness (QED) is 0.185. The van der Waals surface area contributed by atoms with Crippen LogP contribution in [0.3, 0.4) is 0 Å². The number of ether oxygens (including phenoxy) is 2. The summed E-state index contributed by atoms with van der Waals surface area (Å²) in [4.78, 5) is 36.2. The molecule has 3 heterocycles. The van der Waals surface area contributed by atoms with Crippen molar-refractivity contribution >= 4 is 36.8 Å². The molecule has 0 aromatic carbocycles. The van der Waals surface area contributed by atoms with Crippen molar-refractivity contribution in [2.45, 2.75) is 110 Å². The summed E-state index contributed by atoms with van der Waals surface area (Å²) in [5, 5.41) is 0.911. The fourth-order valence-electron chi connectivity index (χ4n) is 6.47. The molecule has 9 nitrogen and oxygen atoms in total. The minimum atomic E-state index is -4.52. The second-order valence-corrected chi connectivity index (χ2v) is 21.2. The molecule has 2 fully saturated rings. The Morgan fingerprint density at radius 2 is 1.74 bits per heavy atom. The molecule has 0 radical (unpaired) electrons. The number of carbonyl (C=O) groups is 2. The number of rotatable bonds is 11. The molecule has 0 atom stereocenters. The van der Waals surface area contributed by atoms with Crippen LogP contribution in [0, 0.1) is 11.8 Å². The Hall–Kier alpha value is -2.80. The highest BCUT2D eigenvalue weighted by molar-refractivity contribution is 6.76. The van der Waals surface area contributed by atoms with Gasteiger partial charge in [-0.1, -0.05) is 19.6 Å². The number of hydrogen-bond donors (Lipinski definition) is 0. The van der Waals surface area contributed by atoms with Crippen LogP contribution in [-0.4, -0.2) is 90.2 Å². The van der Waals surface area contributed by atoms with E-state index < -0.39 is 32.5 Å². The molecule has 0 spiro atoms. The first kappa shape index (κ1) is 34.5. The van der Waals surface area contributed by atoms with Gasteiger partial charge in [0.1, 0.15) is 24.5 Å². The van der Waals surface area contributed by atoms with Crippen LogP contribution in [0.25, 0.3) is 11.0 Å². The third-order valence-electron chi connectivity index (χ3n) is 9.05. The van der Waals surface area contributed by atoms with Crippen LogP contribution in [0.1, 0.15) is 69.7 Å². The molecule has 2 aromatic heterocycles. The number of hydrogen-bond acceptors (Lipinski definition) is 6. The van der Waals surface area contributed by atoms with E-state index in [0.717, 1.165) is 59.9 Å². The van der Waals surface area contributed by atoms with E-state index in [0.29, 0.717) is 44.3 Å². The summed E-state index contributed by atoms with van der Waals surface area (Å²) < 4.78 is 53.6. The Kier molecular flexibility index (Phi) is 10.0. The van der Waals surface area contributed by atoms with Gasteiger partial charge < -0.3 is 23.8 Å². The van der Waals surface area contributed by atoms with Gasteiger partial charge in [0.2, 0.25) is 0 Å². The molecule has 2 aromatic rings. The lowest BCUT2D eigenvalue weighted by Crippen LogP contribution is -2.52. The first-order valence-electron chi connectivity index (χ1n) is 16.6. The van der Waals surface area contributed by atoms with Crippen LogP contribution in [0.2, 0.25) is 25.7 Å². The minimum absolute atomic E-state index is 0.000486. The molecule has 0 N–H and O–H groups in total. The third kappa shape index (κ3) is 8.96. The summed E-state index contributed by atoms with van der Waals surface area (Å²) in [6, 6.07) is 3.19. The van der Waals surface area contributed by atoms with Crippen molar-refractivity contribution in [2.75, 3.05) is 37.8 Å². The SMILES string of the molecule is CC(C)(C)OC(=O)N(CC1CCC(N2CN(CC3CC3)C(=O)c3cnc4c(ccn4COCC[Si](C)(C)C)c32)CC1)CC(F)(F)F. The Morgan fingerprint density at radius 3 is 2.35 bits per heavy atom. The maximum atomic E-state index is 13.7. The number of aromatic nitrogens is 2. The lowest BCUT2D eigenvalue weighted by molar-refractivity contribution is -0.146. The van der Waals surface area contributed by atoms with Gasteiger partial charge in [-0.3, -0.25) is 9.69 Å². The lowest BCUT2D eigenvalue weighted by atomic mass is 9.84. The summed E-state index contributed by atoms with van der Waals surface area (Å²) in [6.07, 6.45) is 3.31. The molecule has 2 aliphatic carbocycles. The van der Waals surface area contributed by atoms with E-state index in [1.165, 1.54) is 0 Å². The van der Waals surface area contributed by atoms with E-state index in [1.807, 2.05) is 21.7 Å². The summed E-state index contributed by atoms with van der Waals surface area (Å²) in [6.45, 7) is 12.9. The van der Waals surface area contributed by atoms with E-state index >= 15 is 0 Å². The zero-order chi connectivity index (χ0) is 33.4. The van der Waals surface area contributed by atoms with Crippen LogP contribution >= 0.6 is 0 Å². The van der Waals surface area contributed by atoms with Crippen LogP contribution in [-0.2, 0) is 16.2 Å². The van der Waals surface area contributed by atoms with Gasteiger partial charge in [0.05, 0.1) is 17.9 Å². The molecule has 13 heteroatoms. The smallest absolute Gasteiger partial charge is 0.410 e. The molecular formula is C33H50F3N5O4Si. The average Bonchev–Trinajstić information content (AvgIpc) is 3.67. The largest absolute Gasteiger partial charge is 0.444 e. The summed E-state index contributed by atoms with van der Waals surface area (Å²) in [5.74, 6) is 0.452. The maximum absolute atomic E-state index is 13.7. The molecule has 3 aliphatic rings. The van der Waals surface area contributed by atoms with Crippen molar-refractivity contribution in [3.05, 3.63) is 24.0 Å². The van der Waals surface area contributed by atoms with Crippen molar-refractivity contribution in [1.82, 2.24) is 19.4 Å². The van der Waals surface area contributed by atoms with Gasteiger partial charge in [-0.2, -0.15) is 13.2 Å². The van der Waals surface area contributed by atoms with Crippen molar-refractivity contribution < 1.29 is 32.2 Å². The van der Waals surface area contributed by atoms with E-state index in [2.05, 4.69) is 24.5 Å². The van der Waals surface area contributed by atoms with Crippen molar-refractivity contribution in [1.29, 1.82) is 0 Å². The van der Waals surface area contributed by atoms with Crippen LogP contribution < -0.4 is 4.90 Å². The summed E-state index contributed by atoms with van der Waals surface area (Å²) in [7, 11) is -1.22. The van der Waals surface area contributed by atoms with E-state index in [4.69, 9.17) is 14.5 Å². The molecule has 46 heavy (non-hydrogen) atoms. The zero-order valence-electron chi connectivity index (χ0n) is 28.2. The molecule has 0 unspecified atom stereocenters. The second-order valence-electron chi connectivity index (χ2n) is 15.6. The van der Waals surface area contributed by atoms with Gasteiger partial charge in [-0.15, -0.1) is 0 Å². The Balaban J connectivity index is 1.33. The highest BCUT2D eigenvalue weighted by Gasteiger charge is 2.40. The molecule has 0 bridgehead atoms. The molecule has 2 saturated carbocycles. The number of nitrogens with zero attached hydrogens (tertiary/aromatic N) is 5. The average molecular weight is 666 g/mol. The first-order chi connectivity index (χ1) is 21.5. The first-order valence-corrected chi connectivity index (χ1v) is 20.3. The van der Waals surface area contributed by atoms with Crippen molar-refractivity contribution in [3.8, 4) is 0 Å². The van der Waals surface area contributed by atoms with Gasteiger partial charge in [-0.25, -0.2) is 9.78 Å². The normalized spacial score (nSPS) is 21.1. The fourth-order valence-corrected chi connectivity index (χ4v) is 7.23. The Morgan fingerprint density at radius 1 is 1.07 bits per heavy atom. The summed E-state index contributed by atoms with van der Waals surface area (Å²) >= 11 is 0. The van der Waals surface area contributed by atoms with Crippen molar-refractivity contribution in [2.24, 2.45) is 11.8 Å². The van der Waals surface area contributed by atoms with Gasteiger partial charge in [0.25, 0.3) is 5.91 Å². The predicted molar refractivity (Wildman–Crippen MR) is 175 cm³/mol. The third-order valence-corrected chi connectivity index (χ3v) is 10.8. The Labute approximate surface area is 271 Å². The highest BCUT2D eigenvalue weighted by Crippen LogP contribution is 2.41. The molecule has 256 valence electrons. The zero-order valence-corrected chi connectivity index (χ0v) is 29.2. The fraction of sp³-hybridized carbons (Fsp3) is 0.727. The van der Waals surface area contributed by atoms with Gasteiger partial charge >= 0.3 is 12.3 Å². The molecule has 1 aliphatic heterocycles. The standard InChI is InChI=1S/C33H50F3N5O4Si/c1-32(2,3)45-31(43)39(20-33(34,35)36)18-24-9-11-25(12-10-24)41-21-40(19-23-7-8-23)30(42)27-17-37-29-26(28(27)41)13-14-38(29)22-44-15-16-46(4,5)6/h13-14,17,23-25H,7-12,15-16,18-22H2,1-6H3. The second kappa shape index (κ2) is 13.4. The lowest BCUT2D eigenvalue weighted by Gasteiger charge is -2.45. The number of carbonyl (C=O) groups excluding carboxylic acids is 2. The summed E-state index contributed by atoms with van der Waals surface area (Å²) in [5.41, 5.74) is 1.37. The van der Waals surface area contributed by atoms with E-state index in [9.17, 15) is 22.8 Å². The van der Waals surface area contributed by atoms with Gasteiger partial charge in [-0.05, 0) is 83.2 Å². The number of pyridine rings is 1. The Bertz CT molecular complexity index is 1390. The number of alkyl halides is 3. The number of amides is 2. The highest BCUT2D eigenvalue weighted by atomic mass is 28.3. The topological polar surface area (TPSA) is 80.1 Å². The van der Waals surface area contributed by atoms with E-state index in [-0.39, 0.29) is 24.4 Å². The monoisotopic (exact) mass is 665 g/mol. The van der Waals surface area contributed by atoms with Crippen LogP contribution in [0.5, 0.6) is 0 Å². The van der Waals surface area contributed by atoms with E-state index in [1.54, 1.807) is 27.0 Å². The van der Waals surface area contributed by atoms with Gasteiger partial charge in [0.15, 0.2) is 0 Å². The minimum Gasteiger partial charge on any atom is -0.444 e. The maximum Gasteiger partial charge on any atom is 0.410 e. The van der Waals surface area contributed by atoms with Crippen LogP contribution in [0.15, 0.2) is 18.5 Å². The predicted octanol–water partition coefficient (Wildman–Crippen LogP) is 7.34. The molecule has 0 saturated heterocycles. The molecule has 5 rings (SSSR count). The van der Waals surface area contributed by atoms with Crippen molar-refractivity contribution in [3.63, 3.8) is 0 Å². The number of fused-ring (bicyclic) bond motifs is 3. The van der Waals surface area contributed by atoms with Crippen LogP contribution in [0.4, 0.5) is 23.7 Å². The number of anilines is 1. The van der Waals surface area contributed by atoms with Gasteiger partial charge in [0, 0.05) is 51.6 Å². The molecular weight excluding hydrogens is 615 g/mol. The number of halogens is 3.